The molecule has 0 bridgehead atoms. The van der Waals surface area contributed by atoms with Gasteiger partial charge < -0.3 is 9.64 Å². The van der Waals surface area contributed by atoms with E-state index in [4.69, 9.17) is 14.8 Å². The number of para-hydroxylation sites is 1. The van der Waals surface area contributed by atoms with Crippen LogP contribution in [0.15, 0.2) is 66.0 Å². The van der Waals surface area contributed by atoms with Gasteiger partial charge in [0.2, 0.25) is 0 Å². The van der Waals surface area contributed by atoms with Gasteiger partial charge in [0, 0.05) is 22.9 Å². The molecule has 0 saturated heterocycles. The van der Waals surface area contributed by atoms with Crippen LogP contribution in [-0.2, 0) is 0 Å². The lowest BCUT2D eigenvalue weighted by Crippen LogP contribution is -2.34. The Balaban J connectivity index is 0.00000370. The maximum Gasteiger partial charge on any atom is 0.270 e. The standard InChI is InChI=1S/C30H33N5O2S2.ClH/c1-5-33(6-2)17-10-18-34(30-31-26(20-38-30)22-13-15-24(37-4)16-14-22)28(36)27-19-25-21(3)32-35(29(25)39-27)23-11-8-7-9-12-23;/h7-9,11-16,19-20H,5-6,10,17-18H2,1-4H3;1H. The highest BCUT2D eigenvalue weighted by Crippen LogP contribution is 2.34. The van der Waals surface area contributed by atoms with Crippen molar-refractivity contribution in [2.24, 2.45) is 0 Å². The summed E-state index contributed by atoms with van der Waals surface area (Å²) in [6.45, 7) is 9.86. The number of carbonyl (C=O) groups is 1. The minimum Gasteiger partial charge on any atom is -0.497 e. The van der Waals surface area contributed by atoms with Crippen molar-refractivity contribution >= 4 is 56.3 Å². The lowest BCUT2D eigenvalue weighted by Gasteiger charge is -2.22. The summed E-state index contributed by atoms with van der Waals surface area (Å²) in [7, 11) is 1.66. The van der Waals surface area contributed by atoms with Crippen molar-refractivity contribution in [1.82, 2.24) is 19.7 Å². The second-order valence-corrected chi connectivity index (χ2v) is 11.1. The molecule has 40 heavy (non-hydrogen) atoms. The Morgan fingerprint density at radius 2 is 1.75 bits per heavy atom. The normalized spacial score (nSPS) is 11.1. The van der Waals surface area contributed by atoms with Gasteiger partial charge in [-0.25, -0.2) is 9.67 Å². The maximum absolute atomic E-state index is 14.1. The average molecular weight is 596 g/mol. The van der Waals surface area contributed by atoms with Crippen molar-refractivity contribution in [3.8, 4) is 22.7 Å². The fourth-order valence-corrected chi connectivity index (χ4v) is 6.58. The molecule has 2 aromatic carbocycles. The minimum atomic E-state index is -0.0228. The molecule has 0 atom stereocenters. The molecule has 10 heteroatoms. The fraction of sp³-hybridized carbons (Fsp3) is 0.300. The summed E-state index contributed by atoms with van der Waals surface area (Å²) in [5.74, 6) is 0.780. The minimum absolute atomic E-state index is 0. The maximum atomic E-state index is 14.1. The number of thiazole rings is 1. The van der Waals surface area contributed by atoms with Crippen LogP contribution >= 0.6 is 35.1 Å². The topological polar surface area (TPSA) is 63.5 Å². The van der Waals surface area contributed by atoms with Gasteiger partial charge >= 0.3 is 0 Å². The van der Waals surface area contributed by atoms with E-state index in [1.165, 1.54) is 22.7 Å². The number of hydrogen-bond donors (Lipinski definition) is 0. The molecule has 0 aliphatic carbocycles. The van der Waals surface area contributed by atoms with Crippen LogP contribution in [0.1, 0.15) is 35.6 Å². The van der Waals surface area contributed by atoms with Gasteiger partial charge in [-0.05, 0) is 75.4 Å². The number of carbonyl (C=O) groups excluding carboxylic acids is 1. The van der Waals surface area contributed by atoms with Crippen LogP contribution in [0, 0.1) is 6.92 Å². The first-order valence-corrected chi connectivity index (χ1v) is 14.9. The van der Waals surface area contributed by atoms with E-state index in [1.54, 1.807) is 7.11 Å². The number of nitrogens with zero attached hydrogens (tertiary/aromatic N) is 5. The Labute approximate surface area is 249 Å². The van der Waals surface area contributed by atoms with Gasteiger partial charge in [0.15, 0.2) is 5.13 Å². The molecule has 7 nitrogen and oxygen atoms in total. The number of halogens is 1. The Kier molecular flexibility index (Phi) is 9.97. The van der Waals surface area contributed by atoms with E-state index in [0.717, 1.165) is 64.7 Å². The molecule has 0 N–H and O–H groups in total. The molecule has 0 spiro atoms. The molecule has 1 amide bonds. The predicted molar refractivity (Wildman–Crippen MR) is 169 cm³/mol. The average Bonchev–Trinajstić information content (AvgIpc) is 3.71. The van der Waals surface area contributed by atoms with Gasteiger partial charge in [0.25, 0.3) is 5.91 Å². The zero-order valence-electron chi connectivity index (χ0n) is 23.2. The van der Waals surface area contributed by atoms with E-state index in [9.17, 15) is 4.79 Å². The molecule has 0 aliphatic rings. The Morgan fingerprint density at radius 3 is 2.42 bits per heavy atom. The number of amides is 1. The second-order valence-electron chi connectivity index (χ2n) is 9.24. The molecule has 3 heterocycles. The van der Waals surface area contributed by atoms with Crippen LogP contribution in [0.25, 0.3) is 27.2 Å². The molecule has 0 aliphatic heterocycles. The van der Waals surface area contributed by atoms with Crippen molar-refractivity contribution in [2.45, 2.75) is 27.2 Å². The van der Waals surface area contributed by atoms with Crippen LogP contribution in [-0.4, -0.2) is 58.9 Å². The summed E-state index contributed by atoms with van der Waals surface area (Å²) < 4.78 is 7.23. The van der Waals surface area contributed by atoms with E-state index < -0.39 is 0 Å². The number of anilines is 1. The van der Waals surface area contributed by atoms with E-state index in [1.807, 2.05) is 82.5 Å². The number of hydrogen-bond acceptors (Lipinski definition) is 7. The van der Waals surface area contributed by atoms with Crippen molar-refractivity contribution in [1.29, 1.82) is 0 Å². The molecule has 3 aromatic heterocycles. The van der Waals surface area contributed by atoms with E-state index in [0.29, 0.717) is 16.6 Å². The predicted octanol–water partition coefficient (Wildman–Crippen LogP) is 7.33. The SMILES string of the molecule is CCN(CC)CCCN(C(=O)c1cc2c(C)nn(-c3ccccc3)c2s1)c1nc(-c2ccc(OC)cc2)cs1.Cl. The number of methoxy groups -OCH3 is 1. The number of fused-ring (bicyclic) bond motifs is 1. The van der Waals surface area contributed by atoms with Gasteiger partial charge in [-0.3, -0.25) is 9.69 Å². The van der Waals surface area contributed by atoms with Crippen molar-refractivity contribution < 1.29 is 9.53 Å². The quantitative estimate of drug-likeness (QED) is 0.160. The summed E-state index contributed by atoms with van der Waals surface area (Å²) in [6.07, 6.45) is 0.868. The summed E-state index contributed by atoms with van der Waals surface area (Å²) in [4.78, 5) is 24.9. The second kappa shape index (κ2) is 13.4. The Hall–Kier alpha value is -3.24. The molecular formula is C30H34ClN5O2S2. The fourth-order valence-electron chi connectivity index (χ4n) is 4.59. The van der Waals surface area contributed by atoms with Crippen LogP contribution in [0.5, 0.6) is 5.75 Å². The summed E-state index contributed by atoms with van der Waals surface area (Å²) in [6, 6.07) is 19.9. The van der Waals surface area contributed by atoms with Crippen molar-refractivity contribution in [3.05, 3.63) is 76.6 Å². The third-order valence-electron chi connectivity index (χ3n) is 6.86. The number of rotatable bonds is 11. The van der Waals surface area contributed by atoms with E-state index in [-0.39, 0.29) is 18.3 Å². The summed E-state index contributed by atoms with van der Waals surface area (Å²) in [5, 5.41) is 8.48. The van der Waals surface area contributed by atoms with Crippen LogP contribution in [0.2, 0.25) is 0 Å². The van der Waals surface area contributed by atoms with Crippen LogP contribution < -0.4 is 9.64 Å². The first-order valence-electron chi connectivity index (χ1n) is 13.2. The van der Waals surface area contributed by atoms with Gasteiger partial charge in [0.1, 0.15) is 10.6 Å². The number of aryl methyl sites for hydroxylation is 1. The van der Waals surface area contributed by atoms with Crippen LogP contribution in [0.3, 0.4) is 0 Å². The molecule has 210 valence electrons. The Morgan fingerprint density at radius 1 is 1.02 bits per heavy atom. The Bertz CT molecular complexity index is 1540. The molecule has 5 rings (SSSR count). The smallest absolute Gasteiger partial charge is 0.270 e. The molecular weight excluding hydrogens is 562 g/mol. The van der Waals surface area contributed by atoms with Gasteiger partial charge in [-0.1, -0.05) is 32.0 Å². The number of benzene rings is 2. The number of ether oxygens (including phenoxy) is 1. The molecule has 5 aromatic rings. The molecule has 0 radical (unpaired) electrons. The molecule has 0 saturated carbocycles. The highest BCUT2D eigenvalue weighted by molar-refractivity contribution is 7.20. The highest BCUT2D eigenvalue weighted by Gasteiger charge is 2.25. The first-order chi connectivity index (χ1) is 19.0. The van der Waals surface area contributed by atoms with Crippen LogP contribution in [0.4, 0.5) is 5.13 Å². The largest absolute Gasteiger partial charge is 0.497 e. The lowest BCUT2D eigenvalue weighted by atomic mass is 10.2. The monoisotopic (exact) mass is 595 g/mol. The number of aromatic nitrogens is 3. The zero-order chi connectivity index (χ0) is 27.4. The summed E-state index contributed by atoms with van der Waals surface area (Å²) in [5.41, 5.74) is 3.74. The highest BCUT2D eigenvalue weighted by atomic mass is 35.5. The van der Waals surface area contributed by atoms with Crippen molar-refractivity contribution in [3.63, 3.8) is 0 Å². The third kappa shape index (κ3) is 6.23. The van der Waals surface area contributed by atoms with Crippen molar-refractivity contribution in [2.75, 3.05) is 38.2 Å². The first kappa shape index (κ1) is 29.7. The van der Waals surface area contributed by atoms with Gasteiger partial charge in [0.05, 0.1) is 29.1 Å². The molecule has 0 unspecified atom stereocenters. The zero-order valence-corrected chi connectivity index (χ0v) is 25.6. The van der Waals surface area contributed by atoms with Gasteiger partial charge in [-0.2, -0.15) is 5.10 Å². The van der Waals surface area contributed by atoms with E-state index >= 15 is 0 Å². The molecule has 0 fully saturated rings. The van der Waals surface area contributed by atoms with Gasteiger partial charge in [-0.15, -0.1) is 35.1 Å². The third-order valence-corrected chi connectivity index (χ3v) is 8.82. The lowest BCUT2D eigenvalue weighted by molar-refractivity contribution is 0.0989. The number of thiophene rings is 1. The van der Waals surface area contributed by atoms with E-state index in [2.05, 4.69) is 18.7 Å². The summed E-state index contributed by atoms with van der Waals surface area (Å²) >= 11 is 2.99.